The standard InChI is InChI=1S/C17H22N4O2S/c1-2-5-14(6-3-1)21-16(20-8-11-22-12-9-20)18-19-17(21)24-13-15-7-4-10-23-15/h1-3,5-6,15H,4,7-13H2/t15-/m0/s1. The van der Waals surface area contributed by atoms with Gasteiger partial charge in [-0.15, -0.1) is 10.2 Å². The van der Waals surface area contributed by atoms with E-state index in [1.54, 1.807) is 11.8 Å². The lowest BCUT2D eigenvalue weighted by Gasteiger charge is -2.28. The minimum Gasteiger partial charge on any atom is -0.378 e. The van der Waals surface area contributed by atoms with E-state index in [0.717, 1.165) is 68.3 Å². The number of morpholine rings is 1. The van der Waals surface area contributed by atoms with Gasteiger partial charge in [-0.3, -0.25) is 4.57 Å². The molecule has 128 valence electrons. The molecule has 0 N–H and O–H groups in total. The molecule has 0 bridgehead atoms. The molecule has 3 heterocycles. The SMILES string of the molecule is c1ccc(-n2c(SC[C@@H]3CCCO3)nnc2N2CCOCC2)cc1. The first-order chi connectivity index (χ1) is 11.9. The van der Waals surface area contributed by atoms with E-state index in [4.69, 9.17) is 9.47 Å². The molecule has 0 radical (unpaired) electrons. The maximum atomic E-state index is 5.74. The molecule has 0 unspecified atom stereocenters. The molecule has 0 spiro atoms. The van der Waals surface area contributed by atoms with Gasteiger partial charge >= 0.3 is 0 Å². The van der Waals surface area contributed by atoms with Crippen LogP contribution in [0.4, 0.5) is 5.95 Å². The number of thioether (sulfide) groups is 1. The van der Waals surface area contributed by atoms with Crippen molar-refractivity contribution in [3.63, 3.8) is 0 Å². The van der Waals surface area contributed by atoms with Crippen LogP contribution in [0.15, 0.2) is 35.5 Å². The molecule has 1 aromatic carbocycles. The molecule has 0 saturated carbocycles. The highest BCUT2D eigenvalue weighted by Crippen LogP contribution is 2.29. The monoisotopic (exact) mass is 346 g/mol. The average Bonchev–Trinajstić information content (AvgIpc) is 3.31. The molecule has 7 heteroatoms. The van der Waals surface area contributed by atoms with Crippen molar-refractivity contribution in [2.75, 3.05) is 43.6 Å². The van der Waals surface area contributed by atoms with Crippen LogP contribution in [0.5, 0.6) is 0 Å². The molecular formula is C17H22N4O2S. The van der Waals surface area contributed by atoms with E-state index in [9.17, 15) is 0 Å². The Labute approximate surface area is 146 Å². The van der Waals surface area contributed by atoms with Gasteiger partial charge in [0.15, 0.2) is 5.16 Å². The van der Waals surface area contributed by atoms with Gasteiger partial charge in [0.25, 0.3) is 0 Å². The number of para-hydroxylation sites is 1. The van der Waals surface area contributed by atoms with Crippen molar-refractivity contribution in [1.29, 1.82) is 0 Å². The topological polar surface area (TPSA) is 52.4 Å². The quantitative estimate of drug-likeness (QED) is 0.775. The van der Waals surface area contributed by atoms with E-state index in [2.05, 4.69) is 31.8 Å². The number of rotatable bonds is 5. The molecule has 2 saturated heterocycles. The van der Waals surface area contributed by atoms with E-state index in [1.165, 1.54) is 0 Å². The minimum absolute atomic E-state index is 0.336. The first-order valence-corrected chi connectivity index (χ1v) is 9.48. The second-order valence-electron chi connectivity index (χ2n) is 6.00. The Hall–Kier alpha value is -1.57. The Morgan fingerprint density at radius 3 is 2.67 bits per heavy atom. The van der Waals surface area contributed by atoms with Crippen LogP contribution in [0.3, 0.4) is 0 Å². The fourth-order valence-electron chi connectivity index (χ4n) is 3.07. The molecular weight excluding hydrogens is 324 g/mol. The minimum atomic E-state index is 0.336. The highest BCUT2D eigenvalue weighted by atomic mass is 32.2. The third kappa shape index (κ3) is 3.43. The van der Waals surface area contributed by atoms with Gasteiger partial charge in [-0.2, -0.15) is 0 Å². The van der Waals surface area contributed by atoms with Crippen LogP contribution >= 0.6 is 11.8 Å². The molecule has 4 rings (SSSR count). The molecule has 6 nitrogen and oxygen atoms in total. The van der Waals surface area contributed by atoms with Crippen LogP contribution in [-0.2, 0) is 9.47 Å². The molecule has 2 fully saturated rings. The largest absolute Gasteiger partial charge is 0.378 e. The van der Waals surface area contributed by atoms with Gasteiger partial charge in [0.05, 0.1) is 25.0 Å². The fourth-order valence-corrected chi connectivity index (χ4v) is 4.08. The zero-order chi connectivity index (χ0) is 16.2. The maximum absolute atomic E-state index is 5.74. The fraction of sp³-hybridized carbons (Fsp3) is 0.529. The van der Waals surface area contributed by atoms with Crippen LogP contribution in [-0.4, -0.2) is 59.5 Å². The van der Waals surface area contributed by atoms with Crippen LogP contribution in [0.2, 0.25) is 0 Å². The average molecular weight is 346 g/mol. The number of hydrogen-bond donors (Lipinski definition) is 0. The highest BCUT2D eigenvalue weighted by molar-refractivity contribution is 7.99. The van der Waals surface area contributed by atoms with Crippen molar-refractivity contribution in [2.45, 2.75) is 24.1 Å². The lowest BCUT2D eigenvalue weighted by Crippen LogP contribution is -2.37. The summed E-state index contributed by atoms with van der Waals surface area (Å²) < 4.78 is 13.4. The number of nitrogens with zero attached hydrogens (tertiary/aromatic N) is 4. The van der Waals surface area contributed by atoms with Crippen molar-refractivity contribution in [3.05, 3.63) is 30.3 Å². The van der Waals surface area contributed by atoms with Gasteiger partial charge < -0.3 is 14.4 Å². The van der Waals surface area contributed by atoms with Crippen LogP contribution in [0, 0.1) is 0 Å². The number of aromatic nitrogens is 3. The summed E-state index contributed by atoms with van der Waals surface area (Å²) in [5.41, 5.74) is 1.10. The Kier molecular flexibility index (Phi) is 5.01. The van der Waals surface area contributed by atoms with Crippen molar-refractivity contribution in [1.82, 2.24) is 14.8 Å². The molecule has 2 aromatic rings. The number of benzene rings is 1. The molecule has 1 atom stereocenters. The van der Waals surface area contributed by atoms with Crippen LogP contribution in [0.1, 0.15) is 12.8 Å². The van der Waals surface area contributed by atoms with E-state index in [-0.39, 0.29) is 0 Å². The van der Waals surface area contributed by atoms with Gasteiger partial charge in [-0.05, 0) is 25.0 Å². The Morgan fingerprint density at radius 2 is 1.92 bits per heavy atom. The Bertz CT molecular complexity index is 652. The van der Waals surface area contributed by atoms with E-state index < -0.39 is 0 Å². The van der Waals surface area contributed by atoms with E-state index >= 15 is 0 Å². The van der Waals surface area contributed by atoms with Gasteiger partial charge in [0.2, 0.25) is 5.95 Å². The summed E-state index contributed by atoms with van der Waals surface area (Å²) in [4.78, 5) is 2.25. The lowest BCUT2D eigenvalue weighted by molar-refractivity contribution is 0.122. The van der Waals surface area contributed by atoms with Crippen molar-refractivity contribution in [3.8, 4) is 5.69 Å². The molecule has 2 aliphatic rings. The number of ether oxygens (including phenoxy) is 2. The van der Waals surface area contributed by atoms with Crippen molar-refractivity contribution >= 4 is 17.7 Å². The summed E-state index contributed by atoms with van der Waals surface area (Å²) in [6, 6.07) is 10.3. The normalized spacial score (nSPS) is 21.3. The zero-order valence-corrected chi connectivity index (χ0v) is 14.5. The van der Waals surface area contributed by atoms with Crippen molar-refractivity contribution in [2.24, 2.45) is 0 Å². The van der Waals surface area contributed by atoms with E-state index in [1.807, 2.05) is 18.2 Å². The van der Waals surface area contributed by atoms with Crippen LogP contribution in [0.25, 0.3) is 5.69 Å². The van der Waals surface area contributed by atoms with Crippen LogP contribution < -0.4 is 4.90 Å². The third-order valence-corrected chi connectivity index (χ3v) is 5.41. The third-order valence-electron chi connectivity index (χ3n) is 4.35. The molecule has 0 aliphatic carbocycles. The molecule has 0 amide bonds. The molecule has 1 aromatic heterocycles. The first-order valence-electron chi connectivity index (χ1n) is 8.50. The summed E-state index contributed by atoms with van der Waals surface area (Å²) in [5.74, 6) is 1.83. The zero-order valence-electron chi connectivity index (χ0n) is 13.6. The van der Waals surface area contributed by atoms with Gasteiger partial charge in [-0.25, -0.2) is 0 Å². The van der Waals surface area contributed by atoms with E-state index in [0.29, 0.717) is 6.10 Å². The Morgan fingerprint density at radius 1 is 1.08 bits per heavy atom. The van der Waals surface area contributed by atoms with Gasteiger partial charge in [0.1, 0.15) is 0 Å². The summed E-state index contributed by atoms with van der Waals surface area (Å²) in [7, 11) is 0. The second kappa shape index (κ2) is 7.55. The summed E-state index contributed by atoms with van der Waals surface area (Å²) in [6.45, 7) is 4.05. The predicted molar refractivity (Wildman–Crippen MR) is 94.1 cm³/mol. The molecule has 2 aliphatic heterocycles. The molecule has 24 heavy (non-hydrogen) atoms. The summed E-state index contributed by atoms with van der Waals surface area (Å²) in [6.07, 6.45) is 2.64. The van der Waals surface area contributed by atoms with Crippen molar-refractivity contribution < 1.29 is 9.47 Å². The second-order valence-corrected chi connectivity index (χ2v) is 6.99. The summed E-state index contributed by atoms with van der Waals surface area (Å²) in [5, 5.41) is 9.88. The smallest absolute Gasteiger partial charge is 0.232 e. The lowest BCUT2D eigenvalue weighted by atomic mass is 10.3. The summed E-state index contributed by atoms with van der Waals surface area (Å²) >= 11 is 1.73. The van der Waals surface area contributed by atoms with Gasteiger partial charge in [0, 0.05) is 25.4 Å². The highest BCUT2D eigenvalue weighted by Gasteiger charge is 2.23. The number of anilines is 1. The maximum Gasteiger partial charge on any atom is 0.232 e. The predicted octanol–water partition coefficient (Wildman–Crippen LogP) is 2.38. The number of hydrogen-bond acceptors (Lipinski definition) is 6. The first kappa shape index (κ1) is 15.9. The van der Waals surface area contributed by atoms with Gasteiger partial charge in [-0.1, -0.05) is 30.0 Å². The Balaban J connectivity index is 1.61.